The fourth-order valence-corrected chi connectivity index (χ4v) is 2.51. The van der Waals surface area contributed by atoms with Crippen molar-refractivity contribution in [3.05, 3.63) is 35.9 Å². The molecule has 1 aromatic rings. The van der Waals surface area contributed by atoms with Crippen molar-refractivity contribution >= 4 is 11.9 Å². The summed E-state index contributed by atoms with van der Waals surface area (Å²) in [7, 11) is 0. The maximum Gasteiger partial charge on any atom is 0.325 e. The fraction of sp³-hybridized carbons (Fsp3) is 0.400. The molecule has 1 aliphatic heterocycles. The van der Waals surface area contributed by atoms with Crippen LogP contribution < -0.4 is 5.32 Å². The largest absolute Gasteiger partial charge is 0.325 e. The van der Waals surface area contributed by atoms with Gasteiger partial charge in [0.15, 0.2) is 0 Å². The maximum absolute atomic E-state index is 12.6. The number of nitriles is 1. The Morgan fingerprint density at radius 1 is 1.30 bits per heavy atom. The number of urea groups is 1. The molecule has 1 aliphatic rings. The molecule has 1 aromatic carbocycles. The number of carbonyl (C=O) groups excluding carboxylic acids is 2. The highest BCUT2D eigenvalue weighted by Gasteiger charge is 2.50. The van der Waals surface area contributed by atoms with E-state index in [4.69, 9.17) is 5.26 Å². The summed E-state index contributed by atoms with van der Waals surface area (Å²) in [4.78, 5) is 25.9. The number of amides is 3. The second-order valence-electron chi connectivity index (χ2n) is 4.77. The second kappa shape index (κ2) is 5.74. The summed E-state index contributed by atoms with van der Waals surface area (Å²) in [5.74, 6) is -0.228. The molecule has 1 unspecified atom stereocenters. The van der Waals surface area contributed by atoms with Crippen molar-refractivity contribution in [1.82, 2.24) is 10.2 Å². The predicted molar refractivity (Wildman–Crippen MR) is 73.5 cm³/mol. The number of hydrogen-bond donors (Lipinski definition) is 1. The summed E-state index contributed by atoms with van der Waals surface area (Å²) in [6.07, 6.45) is 1.34. The Morgan fingerprint density at radius 2 is 2.00 bits per heavy atom. The van der Waals surface area contributed by atoms with E-state index in [0.717, 1.165) is 5.56 Å². The number of hydrogen-bond acceptors (Lipinski definition) is 3. The Bertz CT molecular complexity index is 550. The number of imide groups is 1. The number of carbonyl (C=O) groups is 2. The molecule has 0 aliphatic carbocycles. The average molecular weight is 271 g/mol. The lowest BCUT2D eigenvalue weighted by Gasteiger charge is -2.25. The molecule has 20 heavy (non-hydrogen) atoms. The Kier molecular flexibility index (Phi) is 4.04. The normalized spacial score (nSPS) is 21.7. The molecular formula is C15H17N3O2. The first-order valence-corrected chi connectivity index (χ1v) is 6.72. The van der Waals surface area contributed by atoms with E-state index in [2.05, 4.69) is 5.32 Å². The molecule has 0 aromatic heterocycles. The molecule has 1 saturated heterocycles. The van der Waals surface area contributed by atoms with E-state index in [0.29, 0.717) is 19.3 Å². The SMILES string of the molecule is CCC1(c2ccccc2)NC(=O)N(CCCC#N)C1=O. The van der Waals surface area contributed by atoms with Gasteiger partial charge in [0.25, 0.3) is 5.91 Å². The summed E-state index contributed by atoms with van der Waals surface area (Å²) in [6, 6.07) is 10.9. The van der Waals surface area contributed by atoms with Crippen LogP contribution in [0, 0.1) is 11.3 Å². The van der Waals surface area contributed by atoms with Crippen molar-refractivity contribution < 1.29 is 9.59 Å². The first-order chi connectivity index (χ1) is 9.65. The monoisotopic (exact) mass is 271 g/mol. The van der Waals surface area contributed by atoms with Crippen LogP contribution in [0.15, 0.2) is 30.3 Å². The minimum Gasteiger partial charge on any atom is -0.319 e. The van der Waals surface area contributed by atoms with Gasteiger partial charge in [-0.1, -0.05) is 37.3 Å². The molecule has 1 fully saturated rings. The van der Waals surface area contributed by atoms with Crippen molar-refractivity contribution in [2.24, 2.45) is 0 Å². The standard InChI is InChI=1S/C15H17N3O2/c1-2-15(12-8-4-3-5-9-12)13(19)18(14(20)17-15)11-7-6-10-16/h3-5,8-9H,2,6-7,11H2,1H3,(H,17,20). The van der Waals surface area contributed by atoms with Crippen LogP contribution in [-0.2, 0) is 10.3 Å². The van der Waals surface area contributed by atoms with Gasteiger partial charge in [-0.05, 0) is 18.4 Å². The summed E-state index contributed by atoms with van der Waals surface area (Å²) in [5.41, 5.74) is -0.172. The summed E-state index contributed by atoms with van der Waals surface area (Å²) in [6.45, 7) is 2.16. The topological polar surface area (TPSA) is 73.2 Å². The van der Waals surface area contributed by atoms with Gasteiger partial charge in [0, 0.05) is 13.0 Å². The molecule has 5 nitrogen and oxygen atoms in total. The zero-order chi connectivity index (χ0) is 14.6. The van der Waals surface area contributed by atoms with E-state index in [1.807, 2.05) is 43.3 Å². The minimum atomic E-state index is -0.967. The Morgan fingerprint density at radius 3 is 2.60 bits per heavy atom. The van der Waals surface area contributed by atoms with Crippen LogP contribution in [0.4, 0.5) is 4.79 Å². The molecule has 3 amide bonds. The van der Waals surface area contributed by atoms with Gasteiger partial charge in [-0.25, -0.2) is 4.79 Å². The summed E-state index contributed by atoms with van der Waals surface area (Å²) >= 11 is 0. The fourth-order valence-electron chi connectivity index (χ4n) is 2.51. The van der Waals surface area contributed by atoms with Gasteiger partial charge in [-0.3, -0.25) is 9.69 Å². The highest BCUT2D eigenvalue weighted by atomic mass is 16.2. The zero-order valence-electron chi connectivity index (χ0n) is 11.4. The predicted octanol–water partition coefficient (Wildman–Crippen LogP) is 2.15. The number of nitrogens with zero attached hydrogens (tertiary/aromatic N) is 2. The number of benzene rings is 1. The van der Waals surface area contributed by atoms with Crippen LogP contribution in [0.2, 0.25) is 0 Å². The van der Waals surface area contributed by atoms with E-state index < -0.39 is 5.54 Å². The molecule has 0 bridgehead atoms. The van der Waals surface area contributed by atoms with E-state index >= 15 is 0 Å². The quantitative estimate of drug-likeness (QED) is 0.658. The molecule has 2 rings (SSSR count). The lowest BCUT2D eigenvalue weighted by atomic mass is 9.87. The molecule has 0 saturated carbocycles. The number of rotatable bonds is 5. The Balaban J connectivity index is 2.27. The maximum atomic E-state index is 12.6. The third-order valence-corrected chi connectivity index (χ3v) is 3.64. The third-order valence-electron chi connectivity index (χ3n) is 3.64. The van der Waals surface area contributed by atoms with E-state index in [9.17, 15) is 9.59 Å². The van der Waals surface area contributed by atoms with E-state index in [1.54, 1.807) is 0 Å². The average Bonchev–Trinajstić information content (AvgIpc) is 2.73. The van der Waals surface area contributed by atoms with Crippen LogP contribution in [0.25, 0.3) is 0 Å². The van der Waals surface area contributed by atoms with Crippen LogP contribution in [0.3, 0.4) is 0 Å². The van der Waals surface area contributed by atoms with Crippen LogP contribution in [0.1, 0.15) is 31.7 Å². The summed E-state index contributed by atoms with van der Waals surface area (Å²) < 4.78 is 0. The molecule has 104 valence electrons. The van der Waals surface area contributed by atoms with Gasteiger partial charge < -0.3 is 5.32 Å². The zero-order valence-corrected chi connectivity index (χ0v) is 11.4. The van der Waals surface area contributed by atoms with Crippen LogP contribution in [0.5, 0.6) is 0 Å². The third kappa shape index (κ3) is 2.25. The second-order valence-corrected chi connectivity index (χ2v) is 4.77. The molecule has 1 N–H and O–H groups in total. The van der Waals surface area contributed by atoms with Crippen molar-refractivity contribution in [1.29, 1.82) is 5.26 Å². The van der Waals surface area contributed by atoms with Crippen molar-refractivity contribution in [2.45, 2.75) is 31.7 Å². The van der Waals surface area contributed by atoms with Crippen molar-refractivity contribution in [2.75, 3.05) is 6.54 Å². The molecule has 1 heterocycles. The molecule has 0 radical (unpaired) electrons. The Hall–Kier alpha value is -2.35. The minimum absolute atomic E-state index is 0.228. The smallest absolute Gasteiger partial charge is 0.319 e. The van der Waals surface area contributed by atoms with Crippen molar-refractivity contribution in [3.63, 3.8) is 0 Å². The van der Waals surface area contributed by atoms with Gasteiger partial charge >= 0.3 is 6.03 Å². The molecular weight excluding hydrogens is 254 g/mol. The van der Waals surface area contributed by atoms with Gasteiger partial charge in [0.1, 0.15) is 5.54 Å². The van der Waals surface area contributed by atoms with Crippen LogP contribution in [-0.4, -0.2) is 23.4 Å². The highest BCUT2D eigenvalue weighted by molar-refractivity contribution is 6.07. The lowest BCUT2D eigenvalue weighted by molar-refractivity contribution is -0.131. The van der Waals surface area contributed by atoms with Gasteiger partial charge in [0.2, 0.25) is 0 Å². The number of unbranched alkanes of at least 4 members (excludes halogenated alkanes) is 1. The molecule has 1 atom stereocenters. The Labute approximate surface area is 118 Å². The van der Waals surface area contributed by atoms with E-state index in [1.165, 1.54) is 4.90 Å². The van der Waals surface area contributed by atoms with Crippen LogP contribution >= 0.6 is 0 Å². The first kappa shape index (κ1) is 14.1. The summed E-state index contributed by atoms with van der Waals surface area (Å²) in [5, 5.41) is 11.4. The lowest BCUT2D eigenvalue weighted by Crippen LogP contribution is -2.43. The van der Waals surface area contributed by atoms with E-state index in [-0.39, 0.29) is 18.5 Å². The number of nitrogens with one attached hydrogen (secondary N) is 1. The van der Waals surface area contributed by atoms with Crippen molar-refractivity contribution in [3.8, 4) is 6.07 Å². The first-order valence-electron chi connectivity index (χ1n) is 6.72. The van der Waals surface area contributed by atoms with Gasteiger partial charge in [0.05, 0.1) is 6.07 Å². The van der Waals surface area contributed by atoms with Gasteiger partial charge in [-0.2, -0.15) is 5.26 Å². The molecule has 0 spiro atoms. The highest BCUT2D eigenvalue weighted by Crippen LogP contribution is 2.32. The molecule has 5 heteroatoms. The van der Waals surface area contributed by atoms with Gasteiger partial charge in [-0.15, -0.1) is 0 Å².